The van der Waals surface area contributed by atoms with Crippen LogP contribution >= 0.6 is 50.7 Å². The van der Waals surface area contributed by atoms with Crippen LogP contribution < -0.4 is 10.1 Å². The number of anilines is 1. The van der Waals surface area contributed by atoms with Gasteiger partial charge in [-0.3, -0.25) is 0 Å². The van der Waals surface area contributed by atoms with Crippen LogP contribution in [0.4, 0.5) is 5.69 Å². The third-order valence-corrected chi connectivity index (χ3v) is 4.83. The number of hydrogen-bond acceptors (Lipinski definition) is 3. The Morgan fingerprint density at radius 3 is 2.57 bits per heavy atom. The predicted octanol–water partition coefficient (Wildman–Crippen LogP) is 5.74. The Hall–Kier alpha value is -0.810. The average Bonchev–Trinajstić information content (AvgIpc) is 2.47. The first kappa shape index (κ1) is 16.6. The van der Waals surface area contributed by atoms with Crippen molar-refractivity contribution in [2.45, 2.75) is 6.54 Å². The molecule has 2 rings (SSSR count). The van der Waals surface area contributed by atoms with Crippen LogP contribution in [0.3, 0.4) is 0 Å². The van der Waals surface area contributed by atoms with E-state index < -0.39 is 0 Å². The van der Waals surface area contributed by atoms with E-state index in [1.807, 2.05) is 0 Å². The van der Waals surface area contributed by atoms with Gasteiger partial charge in [0.25, 0.3) is 0 Å². The van der Waals surface area contributed by atoms with E-state index in [0.717, 1.165) is 0 Å². The molecule has 0 radical (unpaired) electrons. The van der Waals surface area contributed by atoms with Gasteiger partial charge in [-0.1, -0.05) is 34.8 Å². The van der Waals surface area contributed by atoms with E-state index in [0.29, 0.717) is 43.1 Å². The number of aromatic hydroxyl groups is 1. The Morgan fingerprint density at radius 2 is 1.90 bits per heavy atom. The van der Waals surface area contributed by atoms with Crippen LogP contribution in [-0.4, -0.2) is 12.2 Å². The van der Waals surface area contributed by atoms with Crippen LogP contribution in [0.25, 0.3) is 0 Å². The molecule has 0 aliphatic carbocycles. The van der Waals surface area contributed by atoms with Crippen molar-refractivity contribution in [2.24, 2.45) is 0 Å². The van der Waals surface area contributed by atoms with Crippen molar-refractivity contribution in [1.82, 2.24) is 0 Å². The zero-order valence-electron chi connectivity index (χ0n) is 10.9. The van der Waals surface area contributed by atoms with Crippen molar-refractivity contribution < 1.29 is 9.84 Å². The quantitative estimate of drug-likeness (QED) is 0.631. The van der Waals surface area contributed by atoms with Crippen molar-refractivity contribution in [1.29, 1.82) is 0 Å². The lowest BCUT2D eigenvalue weighted by molar-refractivity contribution is 0.371. The van der Waals surface area contributed by atoms with Gasteiger partial charge < -0.3 is 15.2 Å². The summed E-state index contributed by atoms with van der Waals surface area (Å²) in [6, 6.07) is 6.77. The second-order valence-electron chi connectivity index (χ2n) is 4.19. The van der Waals surface area contributed by atoms with Crippen molar-refractivity contribution in [3.63, 3.8) is 0 Å². The van der Waals surface area contributed by atoms with Gasteiger partial charge in [0, 0.05) is 27.7 Å². The smallest absolute Gasteiger partial charge is 0.162 e. The van der Waals surface area contributed by atoms with Gasteiger partial charge in [0.2, 0.25) is 0 Å². The number of rotatable bonds is 4. The van der Waals surface area contributed by atoms with Crippen LogP contribution in [0.1, 0.15) is 5.56 Å². The number of halogens is 4. The fourth-order valence-electron chi connectivity index (χ4n) is 1.77. The highest BCUT2D eigenvalue weighted by molar-refractivity contribution is 9.10. The Kier molecular flexibility index (Phi) is 5.49. The van der Waals surface area contributed by atoms with Crippen molar-refractivity contribution in [2.75, 3.05) is 12.4 Å². The number of nitrogens with one attached hydrogen (secondary N) is 1. The first-order valence-corrected chi connectivity index (χ1v) is 7.79. The van der Waals surface area contributed by atoms with Crippen LogP contribution in [0.2, 0.25) is 15.1 Å². The lowest BCUT2D eigenvalue weighted by atomic mass is 10.1. The first-order valence-electron chi connectivity index (χ1n) is 5.86. The molecule has 3 nitrogen and oxygen atoms in total. The van der Waals surface area contributed by atoms with Crippen molar-refractivity contribution in [3.8, 4) is 11.5 Å². The van der Waals surface area contributed by atoms with E-state index in [4.69, 9.17) is 39.5 Å². The van der Waals surface area contributed by atoms with Crippen molar-refractivity contribution >= 4 is 56.4 Å². The van der Waals surface area contributed by atoms with Crippen LogP contribution in [-0.2, 0) is 6.54 Å². The molecule has 7 heteroatoms. The second kappa shape index (κ2) is 6.97. The molecule has 0 saturated carbocycles. The molecule has 0 bridgehead atoms. The molecule has 0 spiro atoms. The van der Waals surface area contributed by atoms with E-state index in [1.54, 1.807) is 24.3 Å². The van der Waals surface area contributed by atoms with Gasteiger partial charge in [0.05, 0.1) is 22.8 Å². The van der Waals surface area contributed by atoms with Gasteiger partial charge in [-0.25, -0.2) is 0 Å². The molecule has 2 aromatic carbocycles. The molecular weight excluding hydrogens is 400 g/mol. The summed E-state index contributed by atoms with van der Waals surface area (Å²) in [5, 5.41) is 14.5. The molecule has 0 heterocycles. The van der Waals surface area contributed by atoms with Crippen LogP contribution in [0.15, 0.2) is 28.7 Å². The number of ether oxygens (including phenoxy) is 1. The Balaban J connectivity index is 2.25. The summed E-state index contributed by atoms with van der Waals surface area (Å²) in [4.78, 5) is 0. The summed E-state index contributed by atoms with van der Waals surface area (Å²) in [5.74, 6) is 0.355. The Bertz CT molecular complexity index is 680. The molecule has 0 saturated heterocycles. The van der Waals surface area contributed by atoms with E-state index in [1.165, 1.54) is 7.11 Å². The van der Waals surface area contributed by atoms with E-state index >= 15 is 0 Å². The zero-order chi connectivity index (χ0) is 15.6. The maximum absolute atomic E-state index is 10.1. The fourth-order valence-corrected chi connectivity index (χ4v) is 2.84. The minimum Gasteiger partial charge on any atom is -0.504 e. The summed E-state index contributed by atoms with van der Waals surface area (Å²) >= 11 is 21.5. The molecule has 0 aromatic heterocycles. The van der Waals surface area contributed by atoms with Crippen molar-refractivity contribution in [3.05, 3.63) is 49.4 Å². The van der Waals surface area contributed by atoms with Gasteiger partial charge in [-0.2, -0.15) is 0 Å². The molecule has 2 aromatic rings. The van der Waals surface area contributed by atoms with Crippen LogP contribution in [0.5, 0.6) is 11.5 Å². The van der Waals surface area contributed by atoms with E-state index in [9.17, 15) is 5.11 Å². The molecule has 0 aliphatic rings. The average molecular weight is 412 g/mol. The normalized spacial score (nSPS) is 10.5. The largest absolute Gasteiger partial charge is 0.504 e. The Labute approximate surface area is 145 Å². The summed E-state index contributed by atoms with van der Waals surface area (Å²) in [7, 11) is 1.47. The second-order valence-corrected chi connectivity index (χ2v) is 6.24. The summed E-state index contributed by atoms with van der Waals surface area (Å²) in [5.41, 5.74) is 1.25. The summed E-state index contributed by atoms with van der Waals surface area (Å²) < 4.78 is 5.78. The van der Waals surface area contributed by atoms with Gasteiger partial charge >= 0.3 is 0 Å². The molecule has 0 fully saturated rings. The first-order chi connectivity index (χ1) is 9.93. The molecule has 2 N–H and O–H groups in total. The summed E-state index contributed by atoms with van der Waals surface area (Å²) in [6.07, 6.45) is 0. The van der Waals surface area contributed by atoms with Gasteiger partial charge in [-0.15, -0.1) is 0 Å². The molecule has 21 heavy (non-hydrogen) atoms. The highest BCUT2D eigenvalue weighted by Crippen LogP contribution is 2.37. The van der Waals surface area contributed by atoms with Crippen LogP contribution in [0, 0.1) is 0 Å². The molecule has 0 unspecified atom stereocenters. The SMILES string of the molecule is COc1cc(Cl)cc(CNc2ccc(Br)c(Cl)c2Cl)c1O. The lowest BCUT2D eigenvalue weighted by Gasteiger charge is -2.13. The van der Waals surface area contributed by atoms with Gasteiger partial charge in [0.1, 0.15) is 0 Å². The van der Waals surface area contributed by atoms with E-state index in [2.05, 4.69) is 21.2 Å². The molecule has 0 atom stereocenters. The monoisotopic (exact) mass is 409 g/mol. The summed E-state index contributed by atoms with van der Waals surface area (Å²) in [6.45, 7) is 0.320. The number of methoxy groups -OCH3 is 1. The number of phenols is 1. The minimum atomic E-state index is 0.0359. The molecule has 112 valence electrons. The number of phenolic OH excluding ortho intramolecular Hbond substituents is 1. The predicted molar refractivity (Wildman–Crippen MR) is 91.2 cm³/mol. The fraction of sp³-hybridized carbons (Fsp3) is 0.143. The molecule has 0 aliphatic heterocycles. The number of hydrogen-bond donors (Lipinski definition) is 2. The van der Waals surface area contributed by atoms with Gasteiger partial charge in [0.15, 0.2) is 11.5 Å². The highest BCUT2D eigenvalue weighted by Gasteiger charge is 2.12. The lowest BCUT2D eigenvalue weighted by Crippen LogP contribution is -2.01. The maximum atomic E-state index is 10.1. The third-order valence-electron chi connectivity index (χ3n) is 2.84. The highest BCUT2D eigenvalue weighted by atomic mass is 79.9. The molecule has 0 amide bonds. The Morgan fingerprint density at radius 1 is 1.19 bits per heavy atom. The van der Waals surface area contributed by atoms with E-state index in [-0.39, 0.29) is 5.75 Å². The third kappa shape index (κ3) is 3.69. The molecular formula is C14H11BrCl3NO2. The number of benzene rings is 2. The standard InChI is InChI=1S/C14H11BrCl3NO2/c1-21-11-5-8(16)4-7(14(11)20)6-19-10-3-2-9(15)12(17)13(10)18/h2-5,19-20H,6H2,1H3. The van der Waals surface area contributed by atoms with Gasteiger partial charge in [-0.05, 0) is 34.1 Å². The zero-order valence-corrected chi connectivity index (χ0v) is 14.7. The maximum Gasteiger partial charge on any atom is 0.162 e. The topological polar surface area (TPSA) is 41.5 Å². The minimum absolute atomic E-state index is 0.0359.